The van der Waals surface area contributed by atoms with Crippen molar-refractivity contribution in [2.24, 2.45) is 12.0 Å². The quantitative estimate of drug-likeness (QED) is 0.538. The van der Waals surface area contributed by atoms with Crippen LogP contribution in [0.5, 0.6) is 11.8 Å². The van der Waals surface area contributed by atoms with E-state index in [1.807, 2.05) is 6.92 Å². The topological polar surface area (TPSA) is 104 Å². The molecule has 0 saturated carbocycles. The summed E-state index contributed by atoms with van der Waals surface area (Å²) in [5, 5.41) is 10.1. The van der Waals surface area contributed by atoms with Gasteiger partial charge in [0.25, 0.3) is 5.56 Å². The molecular formula is C21H22F3N5O4S. The Bertz CT molecular complexity index is 1380. The van der Waals surface area contributed by atoms with Crippen molar-refractivity contribution < 1.29 is 23.0 Å². The maximum absolute atomic E-state index is 13.3. The van der Waals surface area contributed by atoms with E-state index >= 15 is 0 Å². The number of aliphatic hydroxyl groups is 1. The normalized spacial score (nSPS) is 16.3. The van der Waals surface area contributed by atoms with E-state index in [0.29, 0.717) is 11.6 Å². The number of aliphatic imine (C=N–C) groups is 1. The molecular weight excluding hydrogens is 475 g/mol. The number of hydrogen-bond donors (Lipinski definition) is 1. The number of hydrogen-bond acceptors (Lipinski definition) is 7. The van der Waals surface area contributed by atoms with Crippen molar-refractivity contribution in [3.63, 3.8) is 0 Å². The number of aromatic nitrogens is 4. The number of aryl methyl sites for hydroxylation is 1. The third-order valence-corrected chi connectivity index (χ3v) is 6.34. The SMILES string of the molecule is CC1CN=C(Cn2c(Oc3cccc(C(F)(F)F)c3)nc3c2c(=O)n(CCCO)c(=O)n3C)S1. The van der Waals surface area contributed by atoms with Gasteiger partial charge in [-0.05, 0) is 24.6 Å². The highest BCUT2D eigenvalue weighted by atomic mass is 32.2. The molecule has 3 heterocycles. The molecule has 9 nitrogen and oxygen atoms in total. The van der Waals surface area contributed by atoms with Crippen LogP contribution < -0.4 is 16.0 Å². The molecule has 1 aromatic carbocycles. The molecule has 182 valence electrons. The molecule has 0 bridgehead atoms. The zero-order valence-electron chi connectivity index (χ0n) is 18.4. The second-order valence-electron chi connectivity index (χ2n) is 7.82. The number of halogens is 3. The third kappa shape index (κ3) is 4.62. The van der Waals surface area contributed by atoms with Crippen molar-refractivity contribution in [2.45, 2.75) is 37.9 Å². The maximum atomic E-state index is 13.3. The summed E-state index contributed by atoms with van der Waals surface area (Å²) in [5.41, 5.74) is -2.05. The van der Waals surface area contributed by atoms with Crippen LogP contribution in [0.2, 0.25) is 0 Å². The lowest BCUT2D eigenvalue weighted by atomic mass is 10.2. The van der Waals surface area contributed by atoms with Gasteiger partial charge in [0, 0.05) is 25.4 Å². The molecule has 0 amide bonds. The predicted molar refractivity (Wildman–Crippen MR) is 122 cm³/mol. The molecule has 0 aliphatic carbocycles. The lowest BCUT2D eigenvalue weighted by Crippen LogP contribution is -2.40. The summed E-state index contributed by atoms with van der Waals surface area (Å²) < 4.78 is 48.8. The van der Waals surface area contributed by atoms with E-state index in [-0.39, 0.29) is 54.3 Å². The number of benzene rings is 1. The van der Waals surface area contributed by atoms with Crippen LogP contribution in [0.3, 0.4) is 0 Å². The van der Waals surface area contributed by atoms with Gasteiger partial charge in [-0.2, -0.15) is 18.2 Å². The van der Waals surface area contributed by atoms with Gasteiger partial charge in [-0.3, -0.25) is 23.5 Å². The molecule has 3 aromatic rings. The monoisotopic (exact) mass is 497 g/mol. The fourth-order valence-corrected chi connectivity index (χ4v) is 4.57. The van der Waals surface area contributed by atoms with E-state index in [0.717, 1.165) is 16.7 Å². The summed E-state index contributed by atoms with van der Waals surface area (Å²) in [4.78, 5) is 34.8. The zero-order valence-corrected chi connectivity index (χ0v) is 19.2. The summed E-state index contributed by atoms with van der Waals surface area (Å²) in [7, 11) is 1.44. The number of thioether (sulfide) groups is 1. The van der Waals surface area contributed by atoms with Crippen LogP contribution in [-0.4, -0.2) is 47.2 Å². The van der Waals surface area contributed by atoms with Gasteiger partial charge in [0.05, 0.1) is 23.7 Å². The molecule has 1 atom stereocenters. The summed E-state index contributed by atoms with van der Waals surface area (Å²) in [6.45, 7) is 2.49. The van der Waals surface area contributed by atoms with Gasteiger partial charge in [0.1, 0.15) is 5.75 Å². The first kappa shape index (κ1) is 24.1. The fourth-order valence-electron chi connectivity index (χ4n) is 3.60. The minimum atomic E-state index is -4.56. The largest absolute Gasteiger partial charge is 0.425 e. The Kier molecular flexibility index (Phi) is 6.58. The molecule has 1 aliphatic rings. The van der Waals surface area contributed by atoms with Gasteiger partial charge in [-0.25, -0.2) is 4.79 Å². The molecule has 1 aliphatic heterocycles. The standard InChI is InChI=1S/C21H22F3N5O4S/c1-12-10-25-15(34-12)11-29-16-17(27(2)20(32)28(18(16)31)7-4-8-30)26-19(29)33-14-6-3-5-13(9-14)21(22,23)24/h3,5-6,9,12,30H,4,7-8,10-11H2,1-2H3. The Morgan fingerprint density at radius 2 is 2.03 bits per heavy atom. The Balaban J connectivity index is 1.88. The third-order valence-electron chi connectivity index (χ3n) is 5.26. The van der Waals surface area contributed by atoms with Crippen LogP contribution in [0.4, 0.5) is 13.2 Å². The zero-order chi connectivity index (χ0) is 24.6. The summed E-state index contributed by atoms with van der Waals surface area (Å²) in [6.07, 6.45) is -4.36. The first-order valence-electron chi connectivity index (χ1n) is 10.5. The van der Waals surface area contributed by atoms with Crippen molar-refractivity contribution in [1.82, 2.24) is 18.7 Å². The number of fused-ring (bicyclic) bond motifs is 1. The number of nitrogens with zero attached hydrogens (tertiary/aromatic N) is 5. The maximum Gasteiger partial charge on any atom is 0.416 e. The summed E-state index contributed by atoms with van der Waals surface area (Å²) >= 11 is 1.51. The van der Waals surface area contributed by atoms with Crippen LogP contribution in [0.15, 0.2) is 38.8 Å². The van der Waals surface area contributed by atoms with E-state index in [4.69, 9.17) is 9.84 Å². The Morgan fingerprint density at radius 3 is 2.68 bits per heavy atom. The Hall–Kier alpha value is -3.06. The highest BCUT2D eigenvalue weighted by Crippen LogP contribution is 2.33. The van der Waals surface area contributed by atoms with Gasteiger partial charge in [0.15, 0.2) is 11.2 Å². The number of rotatable bonds is 7. The Morgan fingerprint density at radius 1 is 1.26 bits per heavy atom. The minimum Gasteiger partial charge on any atom is -0.425 e. The van der Waals surface area contributed by atoms with Crippen LogP contribution in [0.1, 0.15) is 18.9 Å². The molecule has 0 saturated heterocycles. The van der Waals surface area contributed by atoms with Gasteiger partial charge in [-0.1, -0.05) is 13.0 Å². The number of aliphatic hydroxyl groups excluding tert-OH is 1. The highest BCUT2D eigenvalue weighted by molar-refractivity contribution is 8.14. The van der Waals surface area contributed by atoms with Crippen molar-refractivity contribution >= 4 is 28.0 Å². The molecule has 0 fully saturated rings. The number of alkyl halides is 3. The predicted octanol–water partition coefficient (Wildman–Crippen LogP) is 2.62. The van der Waals surface area contributed by atoms with Gasteiger partial charge in [-0.15, -0.1) is 11.8 Å². The van der Waals surface area contributed by atoms with E-state index in [1.54, 1.807) is 0 Å². The number of imidazole rings is 1. The van der Waals surface area contributed by atoms with Crippen LogP contribution >= 0.6 is 11.8 Å². The average Bonchev–Trinajstić information content (AvgIpc) is 3.35. The molecule has 1 unspecified atom stereocenters. The second kappa shape index (κ2) is 9.29. The van der Waals surface area contributed by atoms with Crippen LogP contribution in [-0.2, 0) is 26.3 Å². The lowest BCUT2D eigenvalue weighted by molar-refractivity contribution is -0.137. The molecule has 2 aromatic heterocycles. The highest BCUT2D eigenvalue weighted by Gasteiger charge is 2.31. The van der Waals surface area contributed by atoms with Gasteiger partial charge < -0.3 is 9.84 Å². The fraction of sp³-hybridized carbons (Fsp3) is 0.429. The molecule has 0 radical (unpaired) electrons. The van der Waals surface area contributed by atoms with Crippen molar-refractivity contribution in [1.29, 1.82) is 0 Å². The van der Waals surface area contributed by atoms with Crippen molar-refractivity contribution in [3.05, 3.63) is 50.7 Å². The smallest absolute Gasteiger partial charge is 0.416 e. The number of ether oxygens (including phenoxy) is 1. The average molecular weight is 497 g/mol. The summed E-state index contributed by atoms with van der Waals surface area (Å²) in [5.74, 6) is -0.119. The minimum absolute atomic E-state index is 0.000322. The van der Waals surface area contributed by atoms with E-state index < -0.39 is 23.0 Å². The molecule has 1 N–H and O–H groups in total. The van der Waals surface area contributed by atoms with Crippen molar-refractivity contribution in [2.75, 3.05) is 13.2 Å². The second-order valence-corrected chi connectivity index (χ2v) is 9.33. The molecule has 13 heteroatoms. The Labute approximate surface area is 195 Å². The first-order chi connectivity index (χ1) is 16.1. The van der Waals surface area contributed by atoms with Gasteiger partial charge in [0.2, 0.25) is 0 Å². The van der Waals surface area contributed by atoms with E-state index in [2.05, 4.69) is 9.98 Å². The van der Waals surface area contributed by atoms with E-state index in [9.17, 15) is 22.8 Å². The van der Waals surface area contributed by atoms with Crippen LogP contribution in [0.25, 0.3) is 11.2 Å². The molecule has 0 spiro atoms. The lowest BCUT2D eigenvalue weighted by Gasteiger charge is -2.12. The van der Waals surface area contributed by atoms with Gasteiger partial charge >= 0.3 is 17.9 Å². The van der Waals surface area contributed by atoms with E-state index in [1.165, 1.54) is 40.1 Å². The molecule has 34 heavy (non-hydrogen) atoms. The summed E-state index contributed by atoms with van der Waals surface area (Å²) in [6, 6.07) is 4.18. The van der Waals surface area contributed by atoms with Crippen molar-refractivity contribution in [3.8, 4) is 11.8 Å². The molecule has 4 rings (SSSR count). The first-order valence-corrected chi connectivity index (χ1v) is 11.3. The van der Waals surface area contributed by atoms with Crippen LogP contribution in [0, 0.1) is 0 Å².